The van der Waals surface area contributed by atoms with E-state index in [0.717, 1.165) is 12.8 Å². The van der Waals surface area contributed by atoms with Gasteiger partial charge in [0.1, 0.15) is 0 Å². The van der Waals surface area contributed by atoms with E-state index in [9.17, 15) is 9.59 Å². The van der Waals surface area contributed by atoms with E-state index in [0.29, 0.717) is 13.0 Å². The van der Waals surface area contributed by atoms with Gasteiger partial charge in [0, 0.05) is 25.4 Å². The number of nitrogens with one attached hydrogen (secondary N) is 2. The van der Waals surface area contributed by atoms with Gasteiger partial charge in [-0.05, 0) is 18.9 Å². The maximum absolute atomic E-state index is 11.4. The first-order valence-electron chi connectivity index (χ1n) is 5.72. The molecule has 1 heterocycles. The number of unbranched alkanes of at least 4 members (excludes halogenated alkanes) is 2. The standard InChI is InChI=1S/C11H16N4O3/c16-9(17)5-2-1-3-6-14-11(18)15-10-12-7-4-8-13-10/h4,7-8H,1-3,5-6H2,(H,16,17)(H2,12,13,14,15,18). The van der Waals surface area contributed by atoms with Gasteiger partial charge < -0.3 is 10.4 Å². The monoisotopic (exact) mass is 252 g/mol. The lowest BCUT2D eigenvalue weighted by atomic mass is 10.2. The zero-order chi connectivity index (χ0) is 13.2. The highest BCUT2D eigenvalue weighted by Gasteiger charge is 2.02. The molecule has 0 spiro atoms. The molecule has 0 atom stereocenters. The summed E-state index contributed by atoms with van der Waals surface area (Å²) in [5, 5.41) is 13.6. The number of hydrogen-bond acceptors (Lipinski definition) is 4. The fourth-order valence-electron chi connectivity index (χ4n) is 1.29. The number of aromatic nitrogens is 2. The molecule has 1 aromatic heterocycles. The molecule has 0 bridgehead atoms. The number of anilines is 1. The molecule has 1 rings (SSSR count). The zero-order valence-electron chi connectivity index (χ0n) is 9.93. The molecule has 18 heavy (non-hydrogen) atoms. The van der Waals surface area contributed by atoms with Gasteiger partial charge in [0.15, 0.2) is 0 Å². The molecular formula is C11H16N4O3. The van der Waals surface area contributed by atoms with Crippen molar-refractivity contribution in [2.45, 2.75) is 25.7 Å². The smallest absolute Gasteiger partial charge is 0.321 e. The summed E-state index contributed by atoms with van der Waals surface area (Å²) >= 11 is 0. The molecule has 0 aliphatic rings. The Balaban J connectivity index is 2.05. The van der Waals surface area contributed by atoms with Crippen LogP contribution in [0.25, 0.3) is 0 Å². The third kappa shape index (κ3) is 6.41. The van der Waals surface area contributed by atoms with Crippen LogP contribution in [-0.4, -0.2) is 33.6 Å². The minimum Gasteiger partial charge on any atom is -0.481 e. The lowest BCUT2D eigenvalue weighted by molar-refractivity contribution is -0.137. The highest BCUT2D eigenvalue weighted by molar-refractivity contribution is 5.87. The van der Waals surface area contributed by atoms with Crippen LogP contribution in [0.3, 0.4) is 0 Å². The van der Waals surface area contributed by atoms with E-state index in [1.807, 2.05) is 0 Å². The van der Waals surface area contributed by atoms with Crippen LogP contribution in [0.5, 0.6) is 0 Å². The minimum absolute atomic E-state index is 0.171. The highest BCUT2D eigenvalue weighted by Crippen LogP contribution is 1.99. The van der Waals surface area contributed by atoms with Crippen LogP contribution in [-0.2, 0) is 4.79 Å². The Morgan fingerprint density at radius 1 is 1.17 bits per heavy atom. The number of carboxylic acids is 1. The summed E-state index contributed by atoms with van der Waals surface area (Å²) in [7, 11) is 0. The topological polar surface area (TPSA) is 104 Å². The predicted octanol–water partition coefficient (Wildman–Crippen LogP) is 1.24. The summed E-state index contributed by atoms with van der Waals surface area (Å²) in [6.07, 6.45) is 5.39. The summed E-state index contributed by atoms with van der Waals surface area (Å²) in [5.41, 5.74) is 0. The van der Waals surface area contributed by atoms with E-state index in [4.69, 9.17) is 5.11 Å². The van der Waals surface area contributed by atoms with Crippen molar-refractivity contribution < 1.29 is 14.7 Å². The second-order valence-corrected chi connectivity index (χ2v) is 3.66. The van der Waals surface area contributed by atoms with E-state index >= 15 is 0 Å². The lowest BCUT2D eigenvalue weighted by Gasteiger charge is -2.05. The molecule has 0 aliphatic carbocycles. The number of carbonyl (C=O) groups excluding carboxylic acids is 1. The van der Waals surface area contributed by atoms with Gasteiger partial charge in [-0.25, -0.2) is 14.8 Å². The molecule has 0 fully saturated rings. The first-order chi connectivity index (χ1) is 8.68. The van der Waals surface area contributed by atoms with Crippen molar-refractivity contribution in [2.75, 3.05) is 11.9 Å². The third-order valence-electron chi connectivity index (χ3n) is 2.14. The maximum Gasteiger partial charge on any atom is 0.321 e. The van der Waals surface area contributed by atoms with Crippen LogP contribution in [0, 0.1) is 0 Å². The van der Waals surface area contributed by atoms with Crippen molar-refractivity contribution in [1.29, 1.82) is 0 Å². The normalized spacial score (nSPS) is 9.78. The van der Waals surface area contributed by atoms with Crippen molar-refractivity contribution in [3.05, 3.63) is 18.5 Å². The summed E-state index contributed by atoms with van der Waals surface area (Å²) < 4.78 is 0. The van der Waals surface area contributed by atoms with Gasteiger partial charge in [-0.1, -0.05) is 6.42 Å². The van der Waals surface area contributed by atoms with Gasteiger partial charge >= 0.3 is 12.0 Å². The van der Waals surface area contributed by atoms with Gasteiger partial charge in [-0.3, -0.25) is 10.1 Å². The first kappa shape index (κ1) is 13.9. The van der Waals surface area contributed by atoms with E-state index in [2.05, 4.69) is 20.6 Å². The number of carboxylic acid groups (broad SMARTS) is 1. The van der Waals surface area contributed by atoms with Crippen LogP contribution in [0.1, 0.15) is 25.7 Å². The lowest BCUT2D eigenvalue weighted by Crippen LogP contribution is -2.30. The number of carbonyl (C=O) groups is 2. The summed E-state index contributed by atoms with van der Waals surface area (Å²) in [6.45, 7) is 0.498. The van der Waals surface area contributed by atoms with Crippen molar-refractivity contribution >= 4 is 17.9 Å². The number of rotatable bonds is 7. The Kier molecular flexibility index (Phi) is 6.16. The molecule has 0 saturated heterocycles. The average molecular weight is 252 g/mol. The predicted molar refractivity (Wildman–Crippen MR) is 65.2 cm³/mol. The molecular weight excluding hydrogens is 236 g/mol. The number of aliphatic carboxylic acids is 1. The van der Waals surface area contributed by atoms with Crippen molar-refractivity contribution in [1.82, 2.24) is 15.3 Å². The van der Waals surface area contributed by atoms with E-state index in [1.165, 1.54) is 12.4 Å². The Morgan fingerprint density at radius 2 is 1.89 bits per heavy atom. The first-order valence-corrected chi connectivity index (χ1v) is 5.72. The van der Waals surface area contributed by atoms with Crippen LogP contribution >= 0.6 is 0 Å². The summed E-state index contributed by atoms with van der Waals surface area (Å²) in [4.78, 5) is 29.3. The fraction of sp³-hybridized carbons (Fsp3) is 0.455. The molecule has 0 unspecified atom stereocenters. The Bertz CT molecular complexity index is 383. The number of urea groups is 1. The quantitative estimate of drug-likeness (QED) is 0.633. The molecule has 2 amide bonds. The van der Waals surface area contributed by atoms with E-state index in [-0.39, 0.29) is 18.4 Å². The molecule has 7 nitrogen and oxygen atoms in total. The van der Waals surface area contributed by atoms with Crippen LogP contribution in [0.4, 0.5) is 10.7 Å². The van der Waals surface area contributed by atoms with Gasteiger partial charge in [-0.2, -0.15) is 0 Å². The molecule has 0 saturated carbocycles. The van der Waals surface area contributed by atoms with Crippen molar-refractivity contribution in [2.24, 2.45) is 0 Å². The Labute approximate surface area is 105 Å². The Morgan fingerprint density at radius 3 is 2.56 bits per heavy atom. The molecule has 0 aliphatic heterocycles. The van der Waals surface area contributed by atoms with Crippen molar-refractivity contribution in [3.63, 3.8) is 0 Å². The van der Waals surface area contributed by atoms with Crippen LogP contribution in [0.2, 0.25) is 0 Å². The summed E-state index contributed by atoms with van der Waals surface area (Å²) in [6, 6.07) is 1.30. The molecule has 98 valence electrons. The maximum atomic E-state index is 11.4. The van der Waals surface area contributed by atoms with Crippen molar-refractivity contribution in [3.8, 4) is 0 Å². The number of hydrogen-bond donors (Lipinski definition) is 3. The summed E-state index contributed by atoms with van der Waals surface area (Å²) in [5.74, 6) is -0.539. The number of nitrogens with zero attached hydrogens (tertiary/aromatic N) is 2. The third-order valence-corrected chi connectivity index (χ3v) is 2.14. The average Bonchev–Trinajstić information content (AvgIpc) is 2.34. The zero-order valence-corrected chi connectivity index (χ0v) is 9.93. The SMILES string of the molecule is O=C(O)CCCCCNC(=O)Nc1ncccn1. The van der Waals surface area contributed by atoms with E-state index < -0.39 is 5.97 Å². The molecule has 0 aromatic carbocycles. The fourth-order valence-corrected chi connectivity index (χ4v) is 1.29. The second-order valence-electron chi connectivity index (χ2n) is 3.66. The van der Waals surface area contributed by atoms with E-state index in [1.54, 1.807) is 6.07 Å². The second kappa shape index (κ2) is 7.99. The molecule has 0 radical (unpaired) electrons. The van der Waals surface area contributed by atoms with Crippen LogP contribution in [0.15, 0.2) is 18.5 Å². The number of amides is 2. The highest BCUT2D eigenvalue weighted by atomic mass is 16.4. The molecule has 3 N–H and O–H groups in total. The van der Waals surface area contributed by atoms with Crippen LogP contribution < -0.4 is 10.6 Å². The largest absolute Gasteiger partial charge is 0.481 e. The Hall–Kier alpha value is -2.18. The minimum atomic E-state index is -0.790. The molecule has 1 aromatic rings. The van der Waals surface area contributed by atoms with Gasteiger partial charge in [0.2, 0.25) is 5.95 Å². The van der Waals surface area contributed by atoms with Gasteiger partial charge in [-0.15, -0.1) is 0 Å². The molecule has 7 heteroatoms. The van der Waals surface area contributed by atoms with Gasteiger partial charge in [0.25, 0.3) is 0 Å². The van der Waals surface area contributed by atoms with Gasteiger partial charge in [0.05, 0.1) is 0 Å².